The van der Waals surface area contributed by atoms with Crippen LogP contribution in [0.15, 0.2) is 27.2 Å². The minimum Gasteiger partial charge on any atom is -0.496 e. The maximum absolute atomic E-state index is 11.3. The van der Waals surface area contributed by atoms with E-state index in [-0.39, 0.29) is 12.3 Å². The number of rotatable bonds is 5. The Labute approximate surface area is 124 Å². The summed E-state index contributed by atoms with van der Waals surface area (Å²) >= 11 is 3.39. The number of carbonyl (C=O) groups excluding carboxylic acids is 1. The first-order valence-corrected chi connectivity index (χ1v) is 6.75. The number of aromatic nitrogens is 2. The first kappa shape index (κ1) is 14.5. The molecule has 1 aromatic carbocycles. The van der Waals surface area contributed by atoms with Gasteiger partial charge in [0.25, 0.3) is 0 Å². The van der Waals surface area contributed by atoms with E-state index < -0.39 is 5.97 Å². The van der Waals surface area contributed by atoms with Crippen molar-refractivity contribution in [2.45, 2.75) is 13.3 Å². The lowest BCUT2D eigenvalue weighted by atomic mass is 10.2. The largest absolute Gasteiger partial charge is 0.496 e. The minimum absolute atomic E-state index is 0.0296. The quantitative estimate of drug-likeness (QED) is 0.779. The number of nitrogens with zero attached hydrogens (tertiary/aromatic N) is 2. The third-order valence-corrected chi connectivity index (χ3v) is 3.10. The molecule has 20 heavy (non-hydrogen) atoms. The molecule has 0 saturated carbocycles. The summed E-state index contributed by atoms with van der Waals surface area (Å²) < 4.78 is 15.8. The first-order valence-electron chi connectivity index (χ1n) is 5.96. The molecule has 1 heterocycles. The Bertz CT molecular complexity index is 612. The number of esters is 1. The molecular formula is C13H13BrN2O4. The Balaban J connectivity index is 2.16. The number of hydrogen-bond acceptors (Lipinski definition) is 6. The van der Waals surface area contributed by atoms with Crippen molar-refractivity contribution in [2.75, 3.05) is 13.7 Å². The van der Waals surface area contributed by atoms with E-state index in [2.05, 4.69) is 26.1 Å². The molecule has 2 rings (SSSR count). The molecule has 0 atom stereocenters. The summed E-state index contributed by atoms with van der Waals surface area (Å²) in [7, 11) is 1.59. The fourth-order valence-corrected chi connectivity index (χ4v) is 2.13. The van der Waals surface area contributed by atoms with Crippen LogP contribution in [0.25, 0.3) is 11.4 Å². The second kappa shape index (κ2) is 6.51. The maximum atomic E-state index is 11.3. The first-order chi connectivity index (χ1) is 9.63. The van der Waals surface area contributed by atoms with Crippen LogP contribution in [-0.4, -0.2) is 29.8 Å². The van der Waals surface area contributed by atoms with Crippen LogP contribution in [0.2, 0.25) is 0 Å². The van der Waals surface area contributed by atoms with Crippen LogP contribution in [0, 0.1) is 0 Å². The van der Waals surface area contributed by atoms with Gasteiger partial charge in [0, 0.05) is 5.56 Å². The van der Waals surface area contributed by atoms with Crippen molar-refractivity contribution in [3.63, 3.8) is 0 Å². The van der Waals surface area contributed by atoms with Gasteiger partial charge >= 0.3 is 5.97 Å². The molecule has 0 radical (unpaired) electrons. The minimum atomic E-state index is -0.390. The number of halogens is 1. The standard InChI is InChI=1S/C13H13BrN2O4/c1-3-19-12(17)7-11-15-13(16-20-11)8-4-5-10(18-2)9(14)6-8/h4-6H,3,7H2,1-2H3. The molecule has 1 aromatic heterocycles. The number of carbonyl (C=O) groups is 1. The zero-order valence-corrected chi connectivity index (χ0v) is 12.6. The van der Waals surface area contributed by atoms with E-state index in [9.17, 15) is 4.79 Å². The van der Waals surface area contributed by atoms with Crippen LogP contribution in [0.1, 0.15) is 12.8 Å². The summed E-state index contributed by atoms with van der Waals surface area (Å²) in [6.07, 6.45) is -0.0296. The van der Waals surface area contributed by atoms with E-state index in [1.165, 1.54) is 0 Å². The molecule has 0 bridgehead atoms. The van der Waals surface area contributed by atoms with E-state index in [1.807, 2.05) is 12.1 Å². The Morgan fingerprint density at radius 2 is 2.25 bits per heavy atom. The number of ether oxygens (including phenoxy) is 2. The van der Waals surface area contributed by atoms with Gasteiger partial charge in [-0.25, -0.2) is 0 Å². The Kier molecular flexibility index (Phi) is 4.73. The molecular weight excluding hydrogens is 328 g/mol. The van der Waals surface area contributed by atoms with Gasteiger partial charge in [-0.15, -0.1) is 0 Å². The van der Waals surface area contributed by atoms with Crippen molar-refractivity contribution < 1.29 is 18.8 Å². The second-order valence-corrected chi connectivity index (χ2v) is 4.70. The van der Waals surface area contributed by atoms with Gasteiger partial charge in [0.15, 0.2) is 0 Å². The number of hydrogen-bond donors (Lipinski definition) is 0. The summed E-state index contributed by atoms with van der Waals surface area (Å²) in [4.78, 5) is 15.5. The highest BCUT2D eigenvalue weighted by Gasteiger charge is 2.14. The Morgan fingerprint density at radius 3 is 2.90 bits per heavy atom. The third kappa shape index (κ3) is 3.36. The molecule has 0 aliphatic rings. The van der Waals surface area contributed by atoms with Gasteiger partial charge in [-0.05, 0) is 41.1 Å². The van der Waals surface area contributed by atoms with Gasteiger partial charge in [0.1, 0.15) is 12.2 Å². The third-order valence-electron chi connectivity index (χ3n) is 2.48. The van der Waals surface area contributed by atoms with Crippen molar-refractivity contribution in [2.24, 2.45) is 0 Å². The van der Waals surface area contributed by atoms with Crippen molar-refractivity contribution in [1.29, 1.82) is 0 Å². The fraction of sp³-hybridized carbons (Fsp3) is 0.308. The zero-order valence-electron chi connectivity index (χ0n) is 11.1. The molecule has 106 valence electrons. The average molecular weight is 341 g/mol. The molecule has 0 unspecified atom stereocenters. The molecule has 0 spiro atoms. The smallest absolute Gasteiger partial charge is 0.315 e. The van der Waals surface area contributed by atoms with Gasteiger partial charge in [-0.2, -0.15) is 4.98 Å². The van der Waals surface area contributed by atoms with Gasteiger partial charge < -0.3 is 14.0 Å². The lowest BCUT2D eigenvalue weighted by Gasteiger charge is -2.03. The highest BCUT2D eigenvalue weighted by Crippen LogP contribution is 2.29. The number of benzene rings is 1. The van der Waals surface area contributed by atoms with E-state index in [1.54, 1.807) is 20.1 Å². The van der Waals surface area contributed by atoms with Crippen LogP contribution >= 0.6 is 15.9 Å². The van der Waals surface area contributed by atoms with E-state index in [4.69, 9.17) is 14.0 Å². The van der Waals surface area contributed by atoms with Crippen molar-refractivity contribution in [1.82, 2.24) is 10.1 Å². The van der Waals surface area contributed by atoms with E-state index in [0.717, 1.165) is 10.0 Å². The van der Waals surface area contributed by atoms with Crippen LogP contribution in [0.5, 0.6) is 5.75 Å². The molecule has 0 aliphatic carbocycles. The van der Waals surface area contributed by atoms with Crippen LogP contribution in [-0.2, 0) is 16.0 Å². The predicted octanol–water partition coefficient (Wildman–Crippen LogP) is 2.61. The SMILES string of the molecule is CCOC(=O)Cc1nc(-c2ccc(OC)c(Br)c2)no1. The number of methoxy groups -OCH3 is 1. The van der Waals surface area contributed by atoms with Gasteiger partial charge in [-0.3, -0.25) is 4.79 Å². The van der Waals surface area contributed by atoms with Crippen LogP contribution in [0.4, 0.5) is 0 Å². The molecule has 0 amide bonds. The Hall–Kier alpha value is -1.89. The highest BCUT2D eigenvalue weighted by atomic mass is 79.9. The predicted molar refractivity (Wildman–Crippen MR) is 74.3 cm³/mol. The second-order valence-electron chi connectivity index (χ2n) is 3.84. The molecule has 0 saturated heterocycles. The van der Waals surface area contributed by atoms with Crippen LogP contribution in [0.3, 0.4) is 0 Å². The molecule has 7 heteroatoms. The molecule has 6 nitrogen and oxygen atoms in total. The van der Waals surface area contributed by atoms with Gasteiger partial charge in [-0.1, -0.05) is 5.16 Å². The van der Waals surface area contributed by atoms with Crippen molar-refractivity contribution in [3.05, 3.63) is 28.6 Å². The molecule has 2 aromatic rings. The summed E-state index contributed by atoms with van der Waals surface area (Å²) in [6.45, 7) is 2.07. The normalized spacial score (nSPS) is 10.3. The summed E-state index contributed by atoms with van der Waals surface area (Å²) in [5.74, 6) is 0.959. The summed E-state index contributed by atoms with van der Waals surface area (Å²) in [5, 5.41) is 3.84. The van der Waals surface area contributed by atoms with Crippen molar-refractivity contribution in [3.8, 4) is 17.1 Å². The van der Waals surface area contributed by atoms with Crippen LogP contribution < -0.4 is 4.74 Å². The molecule has 0 fully saturated rings. The van der Waals surface area contributed by atoms with Gasteiger partial charge in [0.05, 0.1) is 18.2 Å². The van der Waals surface area contributed by atoms with E-state index >= 15 is 0 Å². The zero-order chi connectivity index (χ0) is 14.5. The van der Waals surface area contributed by atoms with Gasteiger partial charge in [0.2, 0.25) is 11.7 Å². The highest BCUT2D eigenvalue weighted by molar-refractivity contribution is 9.10. The van der Waals surface area contributed by atoms with Crippen molar-refractivity contribution >= 4 is 21.9 Å². The lowest BCUT2D eigenvalue weighted by Crippen LogP contribution is -2.07. The molecule has 0 aliphatic heterocycles. The van der Waals surface area contributed by atoms with E-state index in [0.29, 0.717) is 18.2 Å². The lowest BCUT2D eigenvalue weighted by molar-refractivity contribution is -0.142. The summed E-state index contributed by atoms with van der Waals surface area (Å²) in [6, 6.07) is 5.42. The Morgan fingerprint density at radius 1 is 1.45 bits per heavy atom. The monoisotopic (exact) mass is 340 g/mol. The summed E-state index contributed by atoms with van der Waals surface area (Å²) in [5.41, 5.74) is 0.761. The topological polar surface area (TPSA) is 74.5 Å². The molecule has 0 N–H and O–H groups in total. The average Bonchev–Trinajstić information content (AvgIpc) is 2.87. The maximum Gasteiger partial charge on any atom is 0.315 e. The fourth-order valence-electron chi connectivity index (χ4n) is 1.58.